The average Bonchev–Trinajstić information content (AvgIpc) is 3.02. The van der Waals surface area contributed by atoms with Gasteiger partial charge in [0.1, 0.15) is 91.6 Å². The lowest BCUT2D eigenvalue weighted by Gasteiger charge is -2.58. The maximum Gasteiger partial charge on any atom is 0.336 e. The lowest BCUT2D eigenvalue weighted by atomic mass is 9.65. The minimum atomic E-state index is -7.09. The number of aliphatic hydroxyl groups excluding tert-OH is 16. The molecule has 19 atom stereocenters. The van der Waals surface area contributed by atoms with Crippen molar-refractivity contribution in [1.82, 2.24) is 0 Å². The Balaban J connectivity index is 2.35. The minimum Gasteiger partial charge on any atom is -0.405 e. The van der Waals surface area contributed by atoms with E-state index in [4.69, 9.17) is 5.73 Å². The van der Waals surface area contributed by atoms with E-state index in [1.54, 1.807) is 0 Å². The molecule has 23 nitrogen and oxygen atoms in total. The standard InChI is InChI=1S/C21H38NO22P/c22-18(1-23,19(40)11(33)5(27)2(24)6(28)12(19)34)17(39)44-45(43,20(41)13(35)7(29)3(25)8(30)14(20)36)21(42)15(37)9(31)4(26)10(32)16(21)38/h2-16,23-38,40-42H,1,22H2/t2?,3?,4?,5-,6+,7-,8+,9-,10+,11-,12-,13-,14-,15-,16-,18?,19?,20?,21?,45?/m1/s1. The lowest BCUT2D eigenvalue weighted by molar-refractivity contribution is -0.289. The summed E-state index contributed by atoms with van der Waals surface area (Å²) >= 11 is 0. The first-order chi connectivity index (χ1) is 20.3. The molecule has 24 heteroatoms. The molecule has 0 aromatic carbocycles. The van der Waals surface area contributed by atoms with E-state index in [0.29, 0.717) is 0 Å². The topological polar surface area (TPSA) is 454 Å². The van der Waals surface area contributed by atoms with Crippen molar-refractivity contribution < 1.29 is 111 Å². The molecular weight excluding hydrogens is 649 g/mol. The molecule has 264 valence electrons. The molecule has 0 radical (unpaired) electrons. The molecule has 0 amide bonds. The number of rotatable bonds is 6. The number of carbonyl (C=O) groups is 1. The second-order valence-corrected chi connectivity index (χ2v) is 14.3. The van der Waals surface area contributed by atoms with Gasteiger partial charge in [-0.25, -0.2) is 4.79 Å². The molecular formula is C21H38NO22P. The van der Waals surface area contributed by atoms with Crippen molar-refractivity contribution in [2.24, 2.45) is 5.73 Å². The molecule has 45 heavy (non-hydrogen) atoms. The highest BCUT2D eigenvalue weighted by Crippen LogP contribution is 2.73. The molecule has 3 fully saturated rings. The van der Waals surface area contributed by atoms with Gasteiger partial charge in [0.05, 0.1) is 6.61 Å². The van der Waals surface area contributed by atoms with Gasteiger partial charge in [-0.1, -0.05) is 0 Å². The summed E-state index contributed by atoms with van der Waals surface area (Å²) in [5.41, 5.74) is -2.23. The highest BCUT2D eigenvalue weighted by Gasteiger charge is 2.81. The normalized spacial score (nSPS) is 55.3. The summed E-state index contributed by atoms with van der Waals surface area (Å²) in [6.45, 7) is -2.10. The van der Waals surface area contributed by atoms with E-state index < -0.39 is 133 Å². The fourth-order valence-corrected chi connectivity index (χ4v) is 9.25. The molecule has 0 aliphatic heterocycles. The zero-order chi connectivity index (χ0) is 35.2. The Morgan fingerprint density at radius 2 is 0.800 bits per heavy atom. The number of aliphatic hydroxyl groups is 19. The van der Waals surface area contributed by atoms with Crippen LogP contribution in [0.2, 0.25) is 0 Å². The second kappa shape index (κ2) is 12.1. The average molecular weight is 687 g/mol. The third kappa shape index (κ3) is 4.67. The van der Waals surface area contributed by atoms with Gasteiger partial charge in [0, 0.05) is 0 Å². The SMILES string of the molecule is NC(CO)(C(=O)OP(=O)(C1(O)[C@H](O)[C@H](O)C(O)[C@H](O)[C@H]1O)C1(O)[C@H](O)[C@H](O)C(O)[C@H](O)[C@H]1O)C1(O)[C@H](O)[C@H](O)C(O)[C@H](O)[C@H]1O. The van der Waals surface area contributed by atoms with E-state index in [1.165, 1.54) is 0 Å². The summed E-state index contributed by atoms with van der Waals surface area (Å²) in [5.74, 6) is -2.75. The van der Waals surface area contributed by atoms with Crippen LogP contribution in [0.3, 0.4) is 0 Å². The molecule has 0 spiro atoms. The number of carbonyl (C=O) groups excluding carboxylic acids is 1. The summed E-state index contributed by atoms with van der Waals surface area (Å²) in [6.07, 6.45) is -44.3. The van der Waals surface area contributed by atoms with E-state index in [1.807, 2.05) is 0 Å². The molecule has 3 saturated carbocycles. The molecule has 0 aromatic heterocycles. The van der Waals surface area contributed by atoms with Crippen molar-refractivity contribution in [1.29, 1.82) is 0 Å². The number of hydrogen-bond donors (Lipinski definition) is 20. The quantitative estimate of drug-likeness (QED) is 0.115. The minimum absolute atomic E-state index is 2.10. The Bertz CT molecular complexity index is 1070. The van der Waals surface area contributed by atoms with Crippen molar-refractivity contribution in [2.75, 3.05) is 6.61 Å². The molecule has 3 aliphatic carbocycles. The fourth-order valence-electron chi connectivity index (χ4n) is 5.99. The summed E-state index contributed by atoms with van der Waals surface area (Å²) in [5, 5.41) is 190. The predicted octanol–water partition coefficient (Wildman–Crippen LogP) is -12.9. The molecule has 0 saturated heterocycles. The zero-order valence-corrected chi connectivity index (χ0v) is 23.5. The van der Waals surface area contributed by atoms with Gasteiger partial charge in [-0.2, -0.15) is 0 Å². The van der Waals surface area contributed by atoms with E-state index in [2.05, 4.69) is 4.52 Å². The van der Waals surface area contributed by atoms with Gasteiger partial charge in [-0.05, 0) is 0 Å². The lowest BCUT2D eigenvalue weighted by Crippen LogP contribution is -2.84. The van der Waals surface area contributed by atoms with E-state index in [-0.39, 0.29) is 0 Å². The van der Waals surface area contributed by atoms with Crippen molar-refractivity contribution in [2.45, 2.75) is 113 Å². The maximum absolute atomic E-state index is 14.8. The summed E-state index contributed by atoms with van der Waals surface area (Å²) in [6, 6.07) is 0. The summed E-state index contributed by atoms with van der Waals surface area (Å²) < 4.78 is 19.4. The third-order valence-corrected chi connectivity index (χ3v) is 12.5. The number of hydrogen-bond acceptors (Lipinski definition) is 23. The Kier molecular flexibility index (Phi) is 10.3. The molecule has 7 unspecified atom stereocenters. The van der Waals surface area contributed by atoms with Crippen LogP contribution in [0.1, 0.15) is 0 Å². The van der Waals surface area contributed by atoms with Gasteiger partial charge >= 0.3 is 13.3 Å². The van der Waals surface area contributed by atoms with Gasteiger partial charge in [0.15, 0.2) is 11.1 Å². The third-order valence-electron chi connectivity index (χ3n) is 9.17. The van der Waals surface area contributed by atoms with Gasteiger partial charge in [0.25, 0.3) is 0 Å². The predicted molar refractivity (Wildman–Crippen MR) is 133 cm³/mol. The molecule has 0 bridgehead atoms. The van der Waals surface area contributed by atoms with Crippen molar-refractivity contribution in [3.8, 4) is 0 Å². The smallest absolute Gasteiger partial charge is 0.336 e. The van der Waals surface area contributed by atoms with Crippen LogP contribution in [0.25, 0.3) is 0 Å². The van der Waals surface area contributed by atoms with Gasteiger partial charge in [-0.3, -0.25) is 4.57 Å². The summed E-state index contributed by atoms with van der Waals surface area (Å²) in [7, 11) is -7.09. The number of nitrogens with two attached hydrogens (primary N) is 1. The van der Waals surface area contributed by atoms with Crippen molar-refractivity contribution >= 4 is 13.3 Å². The van der Waals surface area contributed by atoms with Crippen LogP contribution in [-0.2, 0) is 13.9 Å². The first kappa shape index (κ1) is 38.3. The Morgan fingerprint density at radius 1 is 0.556 bits per heavy atom. The highest BCUT2D eigenvalue weighted by atomic mass is 31.2. The van der Waals surface area contributed by atoms with Crippen LogP contribution in [0, 0.1) is 0 Å². The van der Waals surface area contributed by atoms with Crippen LogP contribution in [-0.4, -0.2) is 223 Å². The Morgan fingerprint density at radius 3 is 1.04 bits per heavy atom. The molecule has 21 N–H and O–H groups in total. The van der Waals surface area contributed by atoms with Crippen molar-refractivity contribution in [3.63, 3.8) is 0 Å². The molecule has 0 heterocycles. The van der Waals surface area contributed by atoms with Gasteiger partial charge in [0.2, 0.25) is 10.7 Å². The highest BCUT2D eigenvalue weighted by molar-refractivity contribution is 7.62. The fraction of sp³-hybridized carbons (Fsp3) is 0.952. The van der Waals surface area contributed by atoms with E-state index >= 15 is 0 Å². The van der Waals surface area contributed by atoms with Crippen LogP contribution in [0.4, 0.5) is 0 Å². The van der Waals surface area contributed by atoms with Gasteiger partial charge in [-0.15, -0.1) is 0 Å². The molecule has 3 aliphatic rings. The van der Waals surface area contributed by atoms with Gasteiger partial charge < -0.3 is 107 Å². The Labute approximate surface area is 250 Å². The van der Waals surface area contributed by atoms with E-state index in [9.17, 15) is 106 Å². The van der Waals surface area contributed by atoms with Crippen LogP contribution < -0.4 is 5.73 Å². The molecule has 3 rings (SSSR count). The zero-order valence-electron chi connectivity index (χ0n) is 22.6. The Hall–Kier alpha value is -1.10. The second-order valence-electron chi connectivity index (χ2n) is 11.5. The largest absolute Gasteiger partial charge is 0.405 e. The first-order valence-corrected chi connectivity index (χ1v) is 14.6. The first-order valence-electron chi connectivity index (χ1n) is 13.0. The molecule has 0 aromatic rings. The summed E-state index contributed by atoms with van der Waals surface area (Å²) in [4.78, 5) is 13.7. The monoisotopic (exact) mass is 687 g/mol. The van der Waals surface area contributed by atoms with Crippen LogP contribution in [0.5, 0.6) is 0 Å². The van der Waals surface area contributed by atoms with Crippen LogP contribution in [0.15, 0.2) is 0 Å². The van der Waals surface area contributed by atoms with E-state index in [0.717, 1.165) is 0 Å². The van der Waals surface area contributed by atoms with Crippen molar-refractivity contribution in [3.05, 3.63) is 0 Å². The van der Waals surface area contributed by atoms with Crippen LogP contribution >= 0.6 is 7.37 Å². The maximum atomic E-state index is 14.8.